The Morgan fingerprint density at radius 3 is 2.68 bits per heavy atom. The number of halogens is 1. The van der Waals surface area contributed by atoms with Crippen molar-refractivity contribution in [3.05, 3.63) is 53.6 Å². The third-order valence-electron chi connectivity index (χ3n) is 2.88. The molecule has 1 heterocycles. The highest BCUT2D eigenvalue weighted by molar-refractivity contribution is 5.78. The third-order valence-corrected chi connectivity index (χ3v) is 2.88. The predicted molar refractivity (Wildman–Crippen MR) is 69.9 cm³/mol. The van der Waals surface area contributed by atoms with Crippen LogP contribution < -0.4 is 5.32 Å². The molecular formula is C14H16FN3O. The summed E-state index contributed by atoms with van der Waals surface area (Å²) >= 11 is 0. The molecule has 1 atom stereocenters. The van der Waals surface area contributed by atoms with E-state index in [0.717, 1.165) is 11.1 Å². The Hall–Kier alpha value is -2.17. The monoisotopic (exact) mass is 261 g/mol. The van der Waals surface area contributed by atoms with Crippen molar-refractivity contribution in [2.75, 3.05) is 0 Å². The van der Waals surface area contributed by atoms with Crippen molar-refractivity contribution in [1.82, 2.24) is 15.1 Å². The zero-order valence-electron chi connectivity index (χ0n) is 10.9. The smallest absolute Gasteiger partial charge is 0.224 e. The molecule has 5 heteroatoms. The Bertz CT molecular complexity index is 562. The predicted octanol–water partition coefficient (Wildman–Crippen LogP) is 1.98. The summed E-state index contributed by atoms with van der Waals surface area (Å²) in [6, 6.07) is 5.84. The molecule has 1 amide bonds. The summed E-state index contributed by atoms with van der Waals surface area (Å²) in [6.07, 6.45) is 3.83. The zero-order valence-corrected chi connectivity index (χ0v) is 10.9. The molecule has 0 radical (unpaired) electrons. The largest absolute Gasteiger partial charge is 0.349 e. The van der Waals surface area contributed by atoms with E-state index in [-0.39, 0.29) is 24.2 Å². The van der Waals surface area contributed by atoms with Crippen LogP contribution in [-0.4, -0.2) is 15.7 Å². The number of carbonyl (C=O) groups excluding carboxylic acids is 1. The number of rotatable bonds is 4. The fourth-order valence-corrected chi connectivity index (χ4v) is 1.83. The Morgan fingerprint density at radius 1 is 1.42 bits per heavy atom. The van der Waals surface area contributed by atoms with Crippen LogP contribution in [0.2, 0.25) is 0 Å². The van der Waals surface area contributed by atoms with Gasteiger partial charge in [0.1, 0.15) is 5.82 Å². The normalized spacial score (nSPS) is 12.2. The number of nitrogens with zero attached hydrogens (tertiary/aromatic N) is 2. The molecule has 19 heavy (non-hydrogen) atoms. The number of benzene rings is 1. The molecule has 1 unspecified atom stereocenters. The molecule has 0 saturated heterocycles. The molecule has 0 bridgehead atoms. The van der Waals surface area contributed by atoms with Gasteiger partial charge in [-0.3, -0.25) is 9.48 Å². The Morgan fingerprint density at radius 2 is 2.11 bits per heavy atom. The van der Waals surface area contributed by atoms with Crippen LogP contribution in [0.5, 0.6) is 0 Å². The standard InChI is InChI=1S/C14H16FN3O/c1-10(12-8-16-18(2)9-12)17-14(19)7-11-3-5-13(15)6-4-11/h3-6,8-10H,7H2,1-2H3,(H,17,19). The van der Waals surface area contributed by atoms with E-state index in [0.29, 0.717) is 0 Å². The lowest BCUT2D eigenvalue weighted by Gasteiger charge is -2.12. The lowest BCUT2D eigenvalue weighted by atomic mass is 10.1. The van der Waals surface area contributed by atoms with Gasteiger partial charge in [-0.25, -0.2) is 4.39 Å². The molecule has 2 aromatic rings. The minimum atomic E-state index is -0.298. The van der Waals surface area contributed by atoms with Gasteiger partial charge in [0.2, 0.25) is 5.91 Å². The molecule has 0 aliphatic heterocycles. The molecule has 0 aliphatic rings. The number of aryl methyl sites for hydroxylation is 1. The van der Waals surface area contributed by atoms with Gasteiger partial charge in [0, 0.05) is 18.8 Å². The molecule has 1 N–H and O–H groups in total. The SMILES string of the molecule is CC(NC(=O)Cc1ccc(F)cc1)c1cnn(C)c1. The highest BCUT2D eigenvalue weighted by Crippen LogP contribution is 2.11. The van der Waals surface area contributed by atoms with Crippen LogP contribution in [0.15, 0.2) is 36.7 Å². The number of carbonyl (C=O) groups is 1. The van der Waals surface area contributed by atoms with Gasteiger partial charge in [-0.15, -0.1) is 0 Å². The van der Waals surface area contributed by atoms with E-state index in [1.54, 1.807) is 23.0 Å². The number of aromatic nitrogens is 2. The second kappa shape index (κ2) is 5.65. The molecular weight excluding hydrogens is 245 g/mol. The van der Waals surface area contributed by atoms with E-state index in [1.807, 2.05) is 20.2 Å². The van der Waals surface area contributed by atoms with Crippen LogP contribution in [-0.2, 0) is 18.3 Å². The third kappa shape index (κ3) is 3.64. The molecule has 2 rings (SSSR count). The van der Waals surface area contributed by atoms with Crippen LogP contribution in [0.3, 0.4) is 0 Å². The van der Waals surface area contributed by atoms with Crippen LogP contribution in [0, 0.1) is 5.82 Å². The molecule has 1 aromatic carbocycles. The van der Waals surface area contributed by atoms with Gasteiger partial charge in [-0.05, 0) is 24.6 Å². The maximum atomic E-state index is 12.7. The van der Waals surface area contributed by atoms with Crippen LogP contribution in [0.1, 0.15) is 24.1 Å². The molecule has 1 aromatic heterocycles. The first-order valence-corrected chi connectivity index (χ1v) is 6.07. The van der Waals surface area contributed by atoms with Crippen LogP contribution in [0.25, 0.3) is 0 Å². The van der Waals surface area contributed by atoms with E-state index in [1.165, 1.54) is 12.1 Å². The maximum Gasteiger partial charge on any atom is 0.224 e. The van der Waals surface area contributed by atoms with Gasteiger partial charge in [0.15, 0.2) is 0 Å². The lowest BCUT2D eigenvalue weighted by molar-refractivity contribution is -0.121. The van der Waals surface area contributed by atoms with Crippen molar-refractivity contribution >= 4 is 5.91 Å². The highest BCUT2D eigenvalue weighted by Gasteiger charge is 2.11. The summed E-state index contributed by atoms with van der Waals surface area (Å²) in [5.74, 6) is -0.393. The summed E-state index contributed by atoms with van der Waals surface area (Å²) in [6.45, 7) is 1.90. The summed E-state index contributed by atoms with van der Waals surface area (Å²) in [5.41, 5.74) is 1.74. The molecule has 0 saturated carbocycles. The highest BCUT2D eigenvalue weighted by atomic mass is 19.1. The molecule has 4 nitrogen and oxygen atoms in total. The van der Waals surface area contributed by atoms with Crippen molar-refractivity contribution in [3.8, 4) is 0 Å². The van der Waals surface area contributed by atoms with E-state index in [9.17, 15) is 9.18 Å². The second-order valence-electron chi connectivity index (χ2n) is 4.54. The second-order valence-corrected chi connectivity index (χ2v) is 4.54. The van der Waals surface area contributed by atoms with E-state index in [4.69, 9.17) is 0 Å². The van der Waals surface area contributed by atoms with Crippen LogP contribution >= 0.6 is 0 Å². The Kier molecular flexibility index (Phi) is 3.94. The molecule has 100 valence electrons. The average molecular weight is 261 g/mol. The average Bonchev–Trinajstić information content (AvgIpc) is 2.79. The van der Waals surface area contributed by atoms with E-state index >= 15 is 0 Å². The number of hydrogen-bond donors (Lipinski definition) is 1. The van der Waals surface area contributed by atoms with Crippen molar-refractivity contribution in [2.24, 2.45) is 7.05 Å². The van der Waals surface area contributed by atoms with Crippen molar-refractivity contribution < 1.29 is 9.18 Å². The molecule has 0 spiro atoms. The van der Waals surface area contributed by atoms with Crippen LogP contribution in [0.4, 0.5) is 4.39 Å². The van der Waals surface area contributed by atoms with E-state index in [2.05, 4.69) is 10.4 Å². The topological polar surface area (TPSA) is 46.9 Å². The van der Waals surface area contributed by atoms with Gasteiger partial charge < -0.3 is 5.32 Å². The molecule has 0 fully saturated rings. The summed E-state index contributed by atoms with van der Waals surface area (Å²) < 4.78 is 14.4. The first kappa shape index (κ1) is 13.3. The van der Waals surface area contributed by atoms with Crippen molar-refractivity contribution in [1.29, 1.82) is 0 Å². The number of hydrogen-bond acceptors (Lipinski definition) is 2. The minimum Gasteiger partial charge on any atom is -0.349 e. The van der Waals surface area contributed by atoms with Gasteiger partial charge in [0.05, 0.1) is 18.7 Å². The van der Waals surface area contributed by atoms with Gasteiger partial charge in [-0.2, -0.15) is 5.10 Å². The number of nitrogens with one attached hydrogen (secondary N) is 1. The zero-order chi connectivity index (χ0) is 13.8. The Balaban J connectivity index is 1.92. The lowest BCUT2D eigenvalue weighted by Crippen LogP contribution is -2.27. The van der Waals surface area contributed by atoms with Crippen molar-refractivity contribution in [2.45, 2.75) is 19.4 Å². The number of amides is 1. The van der Waals surface area contributed by atoms with Gasteiger partial charge >= 0.3 is 0 Å². The first-order chi connectivity index (χ1) is 9.04. The fourth-order valence-electron chi connectivity index (χ4n) is 1.83. The summed E-state index contributed by atoms with van der Waals surface area (Å²) in [4.78, 5) is 11.9. The quantitative estimate of drug-likeness (QED) is 0.914. The fraction of sp³-hybridized carbons (Fsp3) is 0.286. The maximum absolute atomic E-state index is 12.7. The first-order valence-electron chi connectivity index (χ1n) is 6.07. The summed E-state index contributed by atoms with van der Waals surface area (Å²) in [5, 5.41) is 6.95. The Labute approximate surface area is 111 Å². The summed E-state index contributed by atoms with van der Waals surface area (Å²) in [7, 11) is 1.83. The minimum absolute atomic E-state index is 0.0945. The van der Waals surface area contributed by atoms with Crippen molar-refractivity contribution in [3.63, 3.8) is 0 Å². The van der Waals surface area contributed by atoms with Gasteiger partial charge in [-0.1, -0.05) is 12.1 Å². The molecule has 0 aliphatic carbocycles. The van der Waals surface area contributed by atoms with Gasteiger partial charge in [0.25, 0.3) is 0 Å². The van der Waals surface area contributed by atoms with E-state index < -0.39 is 0 Å².